The van der Waals surface area contributed by atoms with Crippen molar-refractivity contribution in [2.45, 2.75) is 6.42 Å². The van der Waals surface area contributed by atoms with Crippen molar-refractivity contribution in [3.05, 3.63) is 65.3 Å². The Labute approximate surface area is 148 Å². The molecule has 0 spiro atoms. The molecule has 0 fully saturated rings. The van der Waals surface area contributed by atoms with E-state index >= 15 is 0 Å². The zero-order valence-electron chi connectivity index (χ0n) is 12.4. The highest BCUT2D eigenvalue weighted by molar-refractivity contribution is 8.18. The Hall–Kier alpha value is -2.44. The van der Waals surface area contributed by atoms with Gasteiger partial charge in [0.25, 0.3) is 0 Å². The van der Waals surface area contributed by atoms with Gasteiger partial charge in [0, 0.05) is 16.7 Å². The number of thiocarbonyl (C=S) groups is 1. The molecule has 3 rings (SSSR count). The first-order chi connectivity index (χ1) is 11.7. The Morgan fingerprint density at radius 1 is 1.17 bits per heavy atom. The summed E-state index contributed by atoms with van der Waals surface area (Å²) in [7, 11) is 0. The Balaban J connectivity index is 1.83. The molecule has 2 aromatic rings. The van der Waals surface area contributed by atoms with Gasteiger partial charge in [-0.3, -0.25) is 0 Å². The molecule has 0 heterocycles. The fourth-order valence-electron chi connectivity index (χ4n) is 2.29. The molecule has 1 aliphatic rings. The zero-order chi connectivity index (χ0) is 16.9. The molecule has 0 amide bonds. The molecule has 1 radical (unpaired) electrons. The van der Waals surface area contributed by atoms with Crippen LogP contribution in [0.2, 0.25) is 0 Å². The maximum Gasteiger partial charge on any atom is 0.423 e. The lowest BCUT2D eigenvalue weighted by atomic mass is 10.1. The minimum atomic E-state index is -0.550. The SMILES string of the molecule is O=[C]OC1=C(SC(=O)Oc2cccc3ccccc23)C(=S)CC=C1. The van der Waals surface area contributed by atoms with Crippen molar-refractivity contribution in [3.8, 4) is 5.75 Å². The lowest BCUT2D eigenvalue weighted by Gasteiger charge is -2.14. The molecular weight excluding hydrogens is 344 g/mol. The fourth-order valence-corrected chi connectivity index (χ4v) is 3.32. The number of carbonyl (C=O) groups excluding carboxylic acids is 2. The molecule has 6 heteroatoms. The normalized spacial score (nSPS) is 13.9. The predicted octanol–water partition coefficient (Wildman–Crippen LogP) is 4.70. The van der Waals surface area contributed by atoms with Crippen molar-refractivity contribution in [1.29, 1.82) is 0 Å². The lowest BCUT2D eigenvalue weighted by Crippen LogP contribution is -2.10. The van der Waals surface area contributed by atoms with Crippen LogP contribution in [0.3, 0.4) is 0 Å². The van der Waals surface area contributed by atoms with Gasteiger partial charge < -0.3 is 9.47 Å². The van der Waals surface area contributed by atoms with Crippen molar-refractivity contribution in [1.82, 2.24) is 0 Å². The van der Waals surface area contributed by atoms with Crippen molar-refractivity contribution >= 4 is 51.4 Å². The molecule has 119 valence electrons. The van der Waals surface area contributed by atoms with Crippen LogP contribution in [0.1, 0.15) is 6.42 Å². The number of rotatable bonds is 4. The van der Waals surface area contributed by atoms with E-state index in [4.69, 9.17) is 21.7 Å². The van der Waals surface area contributed by atoms with Gasteiger partial charge in [-0.15, -0.1) is 0 Å². The summed E-state index contributed by atoms with van der Waals surface area (Å²) in [5.74, 6) is 0.675. The summed E-state index contributed by atoms with van der Waals surface area (Å²) >= 11 is 6.03. The third-order valence-corrected chi connectivity index (χ3v) is 4.73. The Morgan fingerprint density at radius 2 is 1.96 bits per heavy atom. The van der Waals surface area contributed by atoms with E-state index in [1.54, 1.807) is 18.2 Å². The quantitative estimate of drug-likeness (QED) is 0.585. The van der Waals surface area contributed by atoms with Gasteiger partial charge >= 0.3 is 11.8 Å². The highest BCUT2D eigenvalue weighted by Gasteiger charge is 2.21. The van der Waals surface area contributed by atoms with Gasteiger partial charge in [-0.2, -0.15) is 0 Å². The molecule has 0 aliphatic heterocycles. The second-order valence-corrected chi connectivity index (χ2v) is 6.28. The first-order valence-electron chi connectivity index (χ1n) is 7.04. The molecule has 0 saturated heterocycles. The maximum atomic E-state index is 12.3. The van der Waals surface area contributed by atoms with E-state index in [1.165, 1.54) is 6.47 Å². The van der Waals surface area contributed by atoms with E-state index in [1.807, 2.05) is 36.4 Å². The summed E-state index contributed by atoms with van der Waals surface area (Å²) in [5, 5.41) is 1.26. The van der Waals surface area contributed by atoms with E-state index in [0.717, 1.165) is 22.5 Å². The summed E-state index contributed by atoms with van der Waals surface area (Å²) in [6.45, 7) is 1.35. The highest BCUT2D eigenvalue weighted by atomic mass is 32.2. The van der Waals surface area contributed by atoms with Gasteiger partial charge in [0.1, 0.15) is 11.5 Å². The van der Waals surface area contributed by atoms with Crippen LogP contribution in [0.5, 0.6) is 5.75 Å². The third kappa shape index (κ3) is 3.55. The second-order valence-electron chi connectivity index (χ2n) is 4.84. The highest BCUT2D eigenvalue weighted by Crippen LogP contribution is 2.32. The molecule has 0 N–H and O–H groups in total. The van der Waals surface area contributed by atoms with E-state index in [-0.39, 0.29) is 5.76 Å². The van der Waals surface area contributed by atoms with Gasteiger partial charge in [-0.1, -0.05) is 54.7 Å². The Bertz CT molecular complexity index is 878. The molecule has 4 nitrogen and oxygen atoms in total. The Kier molecular flexibility index (Phi) is 5.08. The summed E-state index contributed by atoms with van der Waals surface area (Å²) in [4.78, 5) is 23.7. The largest absolute Gasteiger partial charge is 0.423 e. The van der Waals surface area contributed by atoms with Crippen molar-refractivity contribution in [2.24, 2.45) is 0 Å². The second kappa shape index (κ2) is 7.42. The predicted molar refractivity (Wildman–Crippen MR) is 97.7 cm³/mol. The topological polar surface area (TPSA) is 52.6 Å². The van der Waals surface area contributed by atoms with E-state index in [9.17, 15) is 9.59 Å². The van der Waals surface area contributed by atoms with Crippen LogP contribution in [-0.2, 0) is 9.53 Å². The number of fused-ring (bicyclic) bond motifs is 1. The minimum Gasteiger partial charge on any atom is -0.417 e. The monoisotopic (exact) mass is 355 g/mol. The minimum absolute atomic E-state index is 0.209. The van der Waals surface area contributed by atoms with Crippen molar-refractivity contribution < 1.29 is 19.1 Å². The first kappa shape index (κ1) is 16.4. The molecule has 0 bridgehead atoms. The van der Waals surface area contributed by atoms with Gasteiger partial charge in [0.15, 0.2) is 0 Å². The summed E-state index contributed by atoms with van der Waals surface area (Å²) < 4.78 is 10.2. The standard InChI is InChI=1S/C18H11O4S2/c19-11-21-15-9-4-10-16(23)17(15)24-18(20)22-14-8-3-6-12-5-1-2-7-13(12)14/h1-9H,10H2. The van der Waals surface area contributed by atoms with Gasteiger partial charge in [-0.25, -0.2) is 9.59 Å². The third-order valence-electron chi connectivity index (χ3n) is 3.33. The molecule has 24 heavy (non-hydrogen) atoms. The molecule has 0 unspecified atom stereocenters. The maximum absolute atomic E-state index is 12.3. The number of benzene rings is 2. The molecule has 1 aliphatic carbocycles. The average Bonchev–Trinajstić information content (AvgIpc) is 2.58. The molecular formula is C18H11O4S2. The number of hydrogen-bond donors (Lipinski definition) is 0. The van der Waals surface area contributed by atoms with Crippen LogP contribution >= 0.6 is 24.0 Å². The van der Waals surface area contributed by atoms with Crippen LogP contribution in [0, 0.1) is 0 Å². The average molecular weight is 355 g/mol. The summed E-state index contributed by atoms with van der Waals surface area (Å²) in [6, 6.07) is 13.1. The van der Waals surface area contributed by atoms with Crippen molar-refractivity contribution in [2.75, 3.05) is 0 Å². The zero-order valence-corrected chi connectivity index (χ0v) is 14.0. The smallest absolute Gasteiger partial charge is 0.417 e. The number of hydrogen-bond acceptors (Lipinski definition) is 6. The van der Waals surface area contributed by atoms with Crippen LogP contribution < -0.4 is 4.74 Å². The lowest BCUT2D eigenvalue weighted by molar-refractivity contribution is 0.227. The molecule has 0 atom stereocenters. The number of thioether (sulfide) groups is 1. The van der Waals surface area contributed by atoms with Crippen LogP contribution in [0.25, 0.3) is 10.8 Å². The van der Waals surface area contributed by atoms with Crippen molar-refractivity contribution in [3.63, 3.8) is 0 Å². The van der Waals surface area contributed by atoms with Gasteiger partial charge in [0.2, 0.25) is 0 Å². The number of carbonyl (C=O) groups is 1. The molecule has 0 saturated carbocycles. The van der Waals surface area contributed by atoms with E-state index < -0.39 is 5.30 Å². The van der Waals surface area contributed by atoms with E-state index in [0.29, 0.717) is 21.9 Å². The summed E-state index contributed by atoms with van der Waals surface area (Å²) in [5.41, 5.74) is 0. The summed E-state index contributed by atoms with van der Waals surface area (Å²) in [6.07, 6.45) is 3.86. The Morgan fingerprint density at radius 3 is 2.79 bits per heavy atom. The van der Waals surface area contributed by atoms with Crippen LogP contribution in [0.15, 0.2) is 65.3 Å². The van der Waals surface area contributed by atoms with Crippen LogP contribution in [-0.4, -0.2) is 16.6 Å². The molecule has 2 aromatic carbocycles. The first-order valence-corrected chi connectivity index (χ1v) is 8.27. The fraction of sp³-hybridized carbons (Fsp3) is 0.0556. The van der Waals surface area contributed by atoms with Crippen LogP contribution in [0.4, 0.5) is 4.79 Å². The van der Waals surface area contributed by atoms with Gasteiger partial charge in [0.05, 0.1) is 4.91 Å². The molecule has 0 aromatic heterocycles. The number of ether oxygens (including phenoxy) is 2. The van der Waals surface area contributed by atoms with E-state index in [2.05, 4.69) is 0 Å². The van der Waals surface area contributed by atoms with Gasteiger partial charge in [-0.05, 0) is 29.3 Å². The number of allylic oxidation sites excluding steroid dienone is 3.